The summed E-state index contributed by atoms with van der Waals surface area (Å²) >= 11 is 3.23. The Kier molecular flexibility index (Phi) is 5.56. The first-order valence-electron chi connectivity index (χ1n) is 5.55. The molecule has 1 fully saturated rings. The van der Waals surface area contributed by atoms with Gasteiger partial charge in [-0.25, -0.2) is 4.39 Å². The fourth-order valence-electron chi connectivity index (χ4n) is 1.95. The van der Waals surface area contributed by atoms with Crippen molar-refractivity contribution in [1.82, 2.24) is 10.2 Å². The van der Waals surface area contributed by atoms with Crippen molar-refractivity contribution < 1.29 is 9.18 Å². The Balaban J connectivity index is 0.00000162. The van der Waals surface area contributed by atoms with E-state index in [4.69, 9.17) is 0 Å². The van der Waals surface area contributed by atoms with E-state index >= 15 is 0 Å². The molecule has 1 aliphatic heterocycles. The van der Waals surface area contributed by atoms with Crippen molar-refractivity contribution in [3.63, 3.8) is 0 Å². The molecule has 0 unspecified atom stereocenters. The highest BCUT2D eigenvalue weighted by Gasteiger charge is 2.23. The average molecular weight is 338 g/mol. The van der Waals surface area contributed by atoms with Crippen LogP contribution in [0.15, 0.2) is 22.7 Å². The van der Waals surface area contributed by atoms with Gasteiger partial charge >= 0.3 is 0 Å². The van der Waals surface area contributed by atoms with Gasteiger partial charge in [0.05, 0.1) is 5.56 Å². The highest BCUT2D eigenvalue weighted by Crippen LogP contribution is 2.20. The van der Waals surface area contributed by atoms with Crippen molar-refractivity contribution in [3.05, 3.63) is 34.1 Å². The van der Waals surface area contributed by atoms with Crippen molar-refractivity contribution in [2.75, 3.05) is 19.6 Å². The number of carbonyl (C=O) groups excluding carboxylic acids is 1. The zero-order valence-corrected chi connectivity index (χ0v) is 12.4. The summed E-state index contributed by atoms with van der Waals surface area (Å²) in [5, 5.41) is 3.28. The lowest BCUT2D eigenvalue weighted by Crippen LogP contribution is -2.51. The number of amides is 1. The van der Waals surface area contributed by atoms with Crippen LogP contribution < -0.4 is 5.32 Å². The van der Waals surface area contributed by atoms with Gasteiger partial charge in [0.1, 0.15) is 5.82 Å². The van der Waals surface area contributed by atoms with Gasteiger partial charge in [-0.3, -0.25) is 4.79 Å². The minimum absolute atomic E-state index is 0. The van der Waals surface area contributed by atoms with E-state index in [9.17, 15) is 9.18 Å². The number of piperazine rings is 1. The van der Waals surface area contributed by atoms with E-state index in [-0.39, 0.29) is 24.1 Å². The molecule has 6 heteroatoms. The van der Waals surface area contributed by atoms with E-state index in [1.807, 2.05) is 6.92 Å². The molecular weight excluding hydrogens is 322 g/mol. The fraction of sp³-hybridized carbons (Fsp3) is 0.417. The van der Waals surface area contributed by atoms with Crippen molar-refractivity contribution in [2.24, 2.45) is 0 Å². The Morgan fingerprint density at radius 3 is 2.89 bits per heavy atom. The molecule has 0 spiro atoms. The molecule has 100 valence electrons. The number of carbonyl (C=O) groups is 1. The van der Waals surface area contributed by atoms with Gasteiger partial charge in [-0.15, -0.1) is 12.4 Å². The van der Waals surface area contributed by atoms with E-state index in [2.05, 4.69) is 21.2 Å². The van der Waals surface area contributed by atoms with E-state index in [0.29, 0.717) is 29.2 Å². The number of nitrogens with zero attached hydrogens (tertiary/aromatic N) is 1. The van der Waals surface area contributed by atoms with Gasteiger partial charge in [0.25, 0.3) is 5.91 Å². The molecule has 0 aromatic heterocycles. The Morgan fingerprint density at radius 1 is 1.56 bits per heavy atom. The van der Waals surface area contributed by atoms with Crippen LogP contribution in [0.3, 0.4) is 0 Å². The summed E-state index contributed by atoms with van der Waals surface area (Å²) in [5.41, 5.74) is 0.514. The predicted octanol–water partition coefficient (Wildman–Crippen LogP) is 2.44. The zero-order valence-electron chi connectivity index (χ0n) is 9.95. The normalized spacial score (nSPS) is 19.3. The highest BCUT2D eigenvalue weighted by atomic mass is 79.9. The van der Waals surface area contributed by atoms with Gasteiger partial charge in [-0.1, -0.05) is 0 Å². The second-order valence-corrected chi connectivity index (χ2v) is 5.08. The number of halogens is 3. The van der Waals surface area contributed by atoms with Crippen LogP contribution in [0.4, 0.5) is 4.39 Å². The quantitative estimate of drug-likeness (QED) is 0.854. The van der Waals surface area contributed by atoms with E-state index < -0.39 is 0 Å². The lowest BCUT2D eigenvalue weighted by Gasteiger charge is -2.32. The second-order valence-electron chi connectivity index (χ2n) is 4.23. The van der Waals surface area contributed by atoms with Crippen LogP contribution >= 0.6 is 28.3 Å². The van der Waals surface area contributed by atoms with Crippen molar-refractivity contribution in [1.29, 1.82) is 0 Å². The lowest BCUT2D eigenvalue weighted by atomic mass is 10.1. The third-order valence-corrected chi connectivity index (χ3v) is 3.47. The maximum absolute atomic E-state index is 13.0. The van der Waals surface area contributed by atoms with Crippen LogP contribution in [0.1, 0.15) is 17.3 Å². The summed E-state index contributed by atoms with van der Waals surface area (Å²) in [7, 11) is 0. The first-order valence-corrected chi connectivity index (χ1v) is 6.35. The monoisotopic (exact) mass is 336 g/mol. The molecule has 1 saturated heterocycles. The summed E-state index contributed by atoms with van der Waals surface area (Å²) in [4.78, 5) is 14.0. The molecule has 0 aliphatic carbocycles. The molecule has 1 N–H and O–H groups in total. The third kappa shape index (κ3) is 3.43. The minimum Gasteiger partial charge on any atom is -0.336 e. The first-order chi connectivity index (χ1) is 8.08. The first kappa shape index (κ1) is 15.4. The lowest BCUT2D eigenvalue weighted by molar-refractivity contribution is 0.0708. The molecule has 1 aliphatic rings. The van der Waals surface area contributed by atoms with Gasteiger partial charge in [0.15, 0.2) is 0 Å². The Morgan fingerprint density at radius 2 is 2.28 bits per heavy atom. The molecule has 1 aromatic carbocycles. The Hall–Kier alpha value is -0.650. The Bertz CT molecular complexity index is 444. The minimum atomic E-state index is -0.345. The van der Waals surface area contributed by atoms with Crippen LogP contribution in [0, 0.1) is 5.82 Å². The predicted molar refractivity (Wildman–Crippen MR) is 74.7 cm³/mol. The number of hydrogen-bond donors (Lipinski definition) is 1. The van der Waals surface area contributed by atoms with E-state index in [1.165, 1.54) is 18.2 Å². The molecule has 1 atom stereocenters. The third-order valence-electron chi connectivity index (χ3n) is 2.82. The molecule has 0 bridgehead atoms. The number of nitrogens with one attached hydrogen (secondary N) is 1. The van der Waals surface area contributed by atoms with Crippen molar-refractivity contribution in [3.8, 4) is 0 Å². The largest absolute Gasteiger partial charge is 0.336 e. The summed E-state index contributed by atoms with van der Waals surface area (Å²) in [5.74, 6) is -0.396. The van der Waals surface area contributed by atoms with Crippen LogP contribution in [0.5, 0.6) is 0 Å². The van der Waals surface area contributed by atoms with Crippen LogP contribution in [-0.4, -0.2) is 36.5 Å². The summed E-state index contributed by atoms with van der Waals surface area (Å²) in [6, 6.07) is 4.45. The van der Waals surface area contributed by atoms with E-state index in [1.54, 1.807) is 4.90 Å². The van der Waals surface area contributed by atoms with Gasteiger partial charge in [-0.2, -0.15) is 0 Å². The molecule has 2 rings (SSSR count). The Labute approximate surface area is 120 Å². The standard InChI is InChI=1S/C12H14BrFN2O.ClH/c1-8-7-16(5-4-15-8)12(17)10-3-2-9(14)6-11(10)13;/h2-3,6,8,15H,4-5,7H2,1H3;1H/t8-;/m1./s1. The van der Waals surface area contributed by atoms with Gasteiger partial charge in [0, 0.05) is 30.1 Å². The molecule has 0 saturated carbocycles. The summed E-state index contributed by atoms with van der Waals surface area (Å²) < 4.78 is 13.5. The van der Waals surface area contributed by atoms with Crippen molar-refractivity contribution in [2.45, 2.75) is 13.0 Å². The number of rotatable bonds is 1. The smallest absolute Gasteiger partial charge is 0.255 e. The van der Waals surface area contributed by atoms with Crippen molar-refractivity contribution >= 4 is 34.2 Å². The number of hydrogen-bond acceptors (Lipinski definition) is 2. The molecule has 1 heterocycles. The summed E-state index contributed by atoms with van der Waals surface area (Å²) in [6.07, 6.45) is 0. The molecule has 3 nitrogen and oxygen atoms in total. The SMILES string of the molecule is C[C@@H]1CN(C(=O)c2ccc(F)cc2Br)CCN1.Cl. The zero-order chi connectivity index (χ0) is 12.4. The molecule has 1 aromatic rings. The average Bonchev–Trinajstić information content (AvgIpc) is 2.28. The van der Waals surface area contributed by atoms with Gasteiger partial charge < -0.3 is 10.2 Å². The molecule has 0 radical (unpaired) electrons. The van der Waals surface area contributed by atoms with Gasteiger partial charge in [-0.05, 0) is 41.1 Å². The maximum Gasteiger partial charge on any atom is 0.255 e. The number of benzene rings is 1. The second kappa shape index (κ2) is 6.50. The van der Waals surface area contributed by atoms with Gasteiger partial charge in [0.2, 0.25) is 0 Å². The fourth-order valence-corrected chi connectivity index (χ4v) is 2.47. The van der Waals surface area contributed by atoms with E-state index in [0.717, 1.165) is 6.54 Å². The maximum atomic E-state index is 13.0. The molecular formula is C12H15BrClFN2O. The highest BCUT2D eigenvalue weighted by molar-refractivity contribution is 9.10. The van der Waals surface area contributed by atoms with Crippen LogP contribution in [0.2, 0.25) is 0 Å². The topological polar surface area (TPSA) is 32.3 Å². The van der Waals surface area contributed by atoms with Crippen LogP contribution in [-0.2, 0) is 0 Å². The summed E-state index contributed by atoms with van der Waals surface area (Å²) in [6.45, 7) is 4.21. The molecule has 1 amide bonds. The molecule has 18 heavy (non-hydrogen) atoms. The van der Waals surface area contributed by atoms with Crippen LogP contribution in [0.25, 0.3) is 0 Å².